The van der Waals surface area contributed by atoms with Gasteiger partial charge in [-0.2, -0.15) is 5.26 Å². The number of nitrogens with one attached hydrogen (secondary N) is 2. The first kappa shape index (κ1) is 26.4. The fourth-order valence-corrected chi connectivity index (χ4v) is 4.67. The molecule has 1 heterocycles. The molecule has 1 amide bonds. The lowest BCUT2D eigenvalue weighted by Gasteiger charge is -2.29. The van der Waals surface area contributed by atoms with E-state index in [1.807, 2.05) is 36.4 Å². The molecule has 0 aromatic heterocycles. The van der Waals surface area contributed by atoms with Crippen molar-refractivity contribution >= 4 is 11.6 Å². The highest BCUT2D eigenvalue weighted by Crippen LogP contribution is 2.31. The molecule has 1 saturated heterocycles. The van der Waals surface area contributed by atoms with Crippen LogP contribution in [0, 0.1) is 17.2 Å². The van der Waals surface area contributed by atoms with Crippen LogP contribution in [0.3, 0.4) is 0 Å². The predicted octanol–water partition coefficient (Wildman–Crippen LogP) is 4.92. The third-order valence-corrected chi connectivity index (χ3v) is 6.62. The van der Waals surface area contributed by atoms with Crippen molar-refractivity contribution in [2.45, 2.75) is 32.5 Å². The maximum Gasteiger partial charge on any atom is 0.250 e. The molecule has 0 aliphatic carbocycles. The highest BCUT2D eigenvalue weighted by molar-refractivity contribution is 5.81. The molecular formula is C31H36N4O2. The van der Waals surface area contributed by atoms with Gasteiger partial charge in [0.1, 0.15) is 18.8 Å². The molecule has 1 aliphatic rings. The summed E-state index contributed by atoms with van der Waals surface area (Å²) in [5.74, 6) is 0.0122. The van der Waals surface area contributed by atoms with Crippen molar-refractivity contribution in [3.05, 3.63) is 90.0 Å². The largest absolute Gasteiger partial charge is 0.369 e. The van der Waals surface area contributed by atoms with Crippen molar-refractivity contribution in [2.24, 2.45) is 5.92 Å². The summed E-state index contributed by atoms with van der Waals surface area (Å²) in [5.41, 5.74) is 5.51. The number of nitrogens with zero attached hydrogens (tertiary/aromatic N) is 2. The van der Waals surface area contributed by atoms with Gasteiger partial charge in [-0.25, -0.2) is 0 Å². The second-order valence-corrected chi connectivity index (χ2v) is 9.83. The monoisotopic (exact) mass is 496 g/mol. The molecular weight excluding hydrogens is 460 g/mol. The molecule has 37 heavy (non-hydrogen) atoms. The van der Waals surface area contributed by atoms with E-state index in [-0.39, 0.29) is 18.4 Å². The van der Waals surface area contributed by atoms with Crippen molar-refractivity contribution in [3.8, 4) is 17.2 Å². The molecule has 3 aromatic rings. The van der Waals surface area contributed by atoms with E-state index >= 15 is 0 Å². The van der Waals surface area contributed by atoms with E-state index in [0.717, 1.165) is 48.4 Å². The lowest BCUT2D eigenvalue weighted by molar-refractivity contribution is -0.136. The van der Waals surface area contributed by atoms with Crippen LogP contribution in [0.5, 0.6) is 0 Å². The Hall–Kier alpha value is -3.66. The Kier molecular flexibility index (Phi) is 9.31. The summed E-state index contributed by atoms with van der Waals surface area (Å²) in [4.78, 5) is 15.2. The van der Waals surface area contributed by atoms with Crippen molar-refractivity contribution in [1.82, 2.24) is 10.6 Å². The quantitative estimate of drug-likeness (QED) is 0.390. The Labute approximate surface area is 220 Å². The summed E-state index contributed by atoms with van der Waals surface area (Å²) >= 11 is 0. The van der Waals surface area contributed by atoms with E-state index in [4.69, 9.17) is 10.00 Å². The molecule has 0 radical (unpaired) electrons. The Morgan fingerprint density at radius 3 is 2.14 bits per heavy atom. The summed E-state index contributed by atoms with van der Waals surface area (Å²) in [5, 5.41) is 15.0. The first-order valence-electron chi connectivity index (χ1n) is 13.1. The number of ether oxygens (including phenoxy) is 1. The SMILES string of the molecule is CC(C)C[C@H](OC(c1ccccc1)c1ccc(-c2ccc(N3CCNCC3)cc2)cc1)C(=O)NCC#N. The predicted molar refractivity (Wildman–Crippen MR) is 148 cm³/mol. The van der Waals surface area contributed by atoms with Crippen LogP contribution in [0.2, 0.25) is 0 Å². The van der Waals surface area contributed by atoms with E-state index in [2.05, 4.69) is 77.9 Å². The summed E-state index contributed by atoms with van der Waals surface area (Å²) in [6.07, 6.45) is -0.490. The number of hydrogen-bond donors (Lipinski definition) is 2. The van der Waals surface area contributed by atoms with E-state index in [1.165, 1.54) is 5.69 Å². The standard InChI is InChI=1S/C31H36N4O2/c1-23(2)22-29(31(36)34-17-16-32)37-30(26-6-4-3-5-7-26)27-10-8-24(9-11-27)25-12-14-28(15-13-25)35-20-18-33-19-21-35/h3-15,23,29-30,33H,17-22H2,1-2H3,(H,34,36)/t29-,30?/m0/s1. The third-order valence-electron chi connectivity index (χ3n) is 6.62. The van der Waals surface area contributed by atoms with Crippen molar-refractivity contribution in [2.75, 3.05) is 37.6 Å². The van der Waals surface area contributed by atoms with Crippen molar-refractivity contribution in [3.63, 3.8) is 0 Å². The van der Waals surface area contributed by atoms with Gasteiger partial charge in [-0.05, 0) is 46.7 Å². The minimum atomic E-state index is -0.657. The Morgan fingerprint density at radius 2 is 1.54 bits per heavy atom. The van der Waals surface area contributed by atoms with Crippen LogP contribution in [0.15, 0.2) is 78.9 Å². The average Bonchev–Trinajstić information content (AvgIpc) is 2.95. The summed E-state index contributed by atoms with van der Waals surface area (Å²) < 4.78 is 6.49. The van der Waals surface area contributed by atoms with Gasteiger partial charge in [0.15, 0.2) is 0 Å². The van der Waals surface area contributed by atoms with Crippen LogP contribution in [-0.4, -0.2) is 44.7 Å². The number of piperazine rings is 1. The summed E-state index contributed by atoms with van der Waals surface area (Å²) in [6.45, 7) is 8.19. The highest BCUT2D eigenvalue weighted by Gasteiger charge is 2.26. The molecule has 1 unspecified atom stereocenters. The van der Waals surface area contributed by atoms with Gasteiger partial charge in [-0.3, -0.25) is 4.79 Å². The second-order valence-electron chi connectivity index (χ2n) is 9.83. The van der Waals surface area contributed by atoms with Crippen LogP contribution in [0.1, 0.15) is 37.5 Å². The van der Waals surface area contributed by atoms with Gasteiger partial charge in [0.25, 0.3) is 0 Å². The van der Waals surface area contributed by atoms with E-state index in [0.29, 0.717) is 6.42 Å². The molecule has 6 nitrogen and oxygen atoms in total. The fraction of sp³-hybridized carbons (Fsp3) is 0.355. The maximum atomic E-state index is 12.8. The van der Waals surface area contributed by atoms with Gasteiger partial charge in [0, 0.05) is 31.9 Å². The molecule has 0 bridgehead atoms. The van der Waals surface area contributed by atoms with Crippen LogP contribution in [0.25, 0.3) is 11.1 Å². The molecule has 192 valence electrons. The molecule has 1 aliphatic heterocycles. The number of nitriles is 1. The van der Waals surface area contributed by atoms with Crippen molar-refractivity contribution < 1.29 is 9.53 Å². The van der Waals surface area contributed by atoms with Crippen LogP contribution < -0.4 is 15.5 Å². The number of amides is 1. The Bertz CT molecular complexity index is 1160. The van der Waals surface area contributed by atoms with Gasteiger partial charge in [-0.15, -0.1) is 0 Å². The average molecular weight is 497 g/mol. The summed E-state index contributed by atoms with van der Waals surface area (Å²) in [6, 6.07) is 29.1. The van der Waals surface area contributed by atoms with E-state index < -0.39 is 12.2 Å². The number of carbonyl (C=O) groups is 1. The third kappa shape index (κ3) is 7.19. The lowest BCUT2D eigenvalue weighted by atomic mass is 9.97. The van der Waals surface area contributed by atoms with Gasteiger partial charge >= 0.3 is 0 Å². The zero-order valence-electron chi connectivity index (χ0n) is 21.7. The van der Waals surface area contributed by atoms with Gasteiger partial charge in [0.05, 0.1) is 6.07 Å². The maximum absolute atomic E-state index is 12.8. The molecule has 0 spiro atoms. The number of benzene rings is 3. The van der Waals surface area contributed by atoms with E-state index in [9.17, 15) is 4.79 Å². The van der Waals surface area contributed by atoms with Crippen LogP contribution >= 0.6 is 0 Å². The molecule has 3 aromatic carbocycles. The Balaban J connectivity index is 1.56. The zero-order valence-corrected chi connectivity index (χ0v) is 21.7. The molecule has 2 atom stereocenters. The molecule has 6 heteroatoms. The number of carbonyl (C=O) groups excluding carboxylic acids is 1. The van der Waals surface area contributed by atoms with Gasteiger partial charge in [-0.1, -0.05) is 80.6 Å². The summed E-state index contributed by atoms with van der Waals surface area (Å²) in [7, 11) is 0. The van der Waals surface area contributed by atoms with Gasteiger partial charge < -0.3 is 20.3 Å². The smallest absolute Gasteiger partial charge is 0.250 e. The zero-order chi connectivity index (χ0) is 26.0. The molecule has 1 fully saturated rings. The number of hydrogen-bond acceptors (Lipinski definition) is 5. The van der Waals surface area contributed by atoms with E-state index in [1.54, 1.807) is 0 Å². The topological polar surface area (TPSA) is 77.4 Å². The first-order valence-corrected chi connectivity index (χ1v) is 13.1. The molecule has 0 saturated carbocycles. The van der Waals surface area contributed by atoms with Gasteiger partial charge in [0.2, 0.25) is 5.91 Å². The minimum absolute atomic E-state index is 0.0328. The highest BCUT2D eigenvalue weighted by atomic mass is 16.5. The Morgan fingerprint density at radius 1 is 0.946 bits per heavy atom. The number of anilines is 1. The molecule has 4 rings (SSSR count). The van der Waals surface area contributed by atoms with Crippen LogP contribution in [0.4, 0.5) is 5.69 Å². The minimum Gasteiger partial charge on any atom is -0.369 e. The second kappa shape index (κ2) is 13.0. The normalized spacial score (nSPS) is 15.1. The van der Waals surface area contributed by atoms with Crippen molar-refractivity contribution in [1.29, 1.82) is 5.26 Å². The first-order chi connectivity index (χ1) is 18.0. The number of rotatable bonds is 10. The lowest BCUT2D eigenvalue weighted by Crippen LogP contribution is -2.43. The molecule has 2 N–H and O–H groups in total. The fourth-order valence-electron chi connectivity index (χ4n) is 4.67. The van der Waals surface area contributed by atoms with Crippen LogP contribution in [-0.2, 0) is 9.53 Å².